The summed E-state index contributed by atoms with van der Waals surface area (Å²) in [6.07, 6.45) is 4.12. The van der Waals surface area contributed by atoms with Crippen molar-refractivity contribution in [1.82, 2.24) is 5.32 Å². The molecule has 0 aromatic carbocycles. The fraction of sp³-hybridized carbons (Fsp3) is 0.923. The molecular weight excluding hydrogens is 186 g/mol. The van der Waals surface area contributed by atoms with E-state index in [2.05, 4.69) is 26.1 Å². The van der Waals surface area contributed by atoms with Crippen molar-refractivity contribution in [3.8, 4) is 0 Å². The van der Waals surface area contributed by atoms with Gasteiger partial charge in [0.05, 0.1) is 0 Å². The zero-order chi connectivity index (χ0) is 11.8. The van der Waals surface area contributed by atoms with Gasteiger partial charge in [-0.15, -0.1) is 0 Å². The van der Waals surface area contributed by atoms with Gasteiger partial charge in [-0.3, -0.25) is 4.79 Å². The number of Topliss-reactive ketones (excluding diaryl/α,β-unsaturated/α-hetero) is 1. The number of unbranched alkanes of at least 4 members (excludes halogenated alkanes) is 1. The van der Waals surface area contributed by atoms with Gasteiger partial charge in [-0.1, -0.05) is 34.1 Å². The van der Waals surface area contributed by atoms with Gasteiger partial charge in [0.1, 0.15) is 5.78 Å². The Morgan fingerprint density at radius 2 is 1.67 bits per heavy atom. The minimum atomic E-state index is 0.205. The lowest BCUT2D eigenvalue weighted by atomic mass is 10.0. The first-order valence-corrected chi connectivity index (χ1v) is 6.22. The Bertz CT molecular complexity index is 175. The molecule has 0 fully saturated rings. The minimum Gasteiger partial charge on any atom is -0.312 e. The first kappa shape index (κ1) is 14.6. The molecule has 0 rings (SSSR count). The molecule has 0 aromatic heterocycles. The van der Waals surface area contributed by atoms with Crippen LogP contribution in [0.4, 0.5) is 0 Å². The van der Waals surface area contributed by atoms with Crippen molar-refractivity contribution >= 4 is 5.78 Å². The number of hydrogen-bond acceptors (Lipinski definition) is 2. The van der Waals surface area contributed by atoms with Gasteiger partial charge in [0, 0.05) is 24.4 Å². The molecule has 0 heterocycles. The van der Waals surface area contributed by atoms with E-state index in [9.17, 15) is 4.79 Å². The second-order valence-corrected chi connectivity index (χ2v) is 5.09. The van der Waals surface area contributed by atoms with Gasteiger partial charge in [0.15, 0.2) is 0 Å². The zero-order valence-electron chi connectivity index (χ0n) is 11.0. The Hall–Kier alpha value is -0.370. The van der Waals surface area contributed by atoms with E-state index in [0.717, 1.165) is 19.3 Å². The number of hydrogen-bond donors (Lipinski definition) is 1. The van der Waals surface area contributed by atoms with Crippen LogP contribution in [-0.4, -0.2) is 17.9 Å². The molecule has 0 radical (unpaired) electrons. The highest BCUT2D eigenvalue weighted by Crippen LogP contribution is 2.08. The van der Waals surface area contributed by atoms with Crippen LogP contribution in [0.1, 0.15) is 60.3 Å². The summed E-state index contributed by atoms with van der Waals surface area (Å²) in [4.78, 5) is 11.3. The Kier molecular flexibility index (Phi) is 7.67. The van der Waals surface area contributed by atoms with Crippen LogP contribution < -0.4 is 5.32 Å². The summed E-state index contributed by atoms with van der Waals surface area (Å²) in [7, 11) is 0. The van der Waals surface area contributed by atoms with E-state index in [1.54, 1.807) is 0 Å². The van der Waals surface area contributed by atoms with Gasteiger partial charge in [-0.2, -0.15) is 0 Å². The lowest BCUT2D eigenvalue weighted by Gasteiger charge is -2.16. The van der Waals surface area contributed by atoms with Gasteiger partial charge in [-0.25, -0.2) is 0 Å². The van der Waals surface area contributed by atoms with Crippen molar-refractivity contribution in [1.29, 1.82) is 0 Å². The van der Waals surface area contributed by atoms with E-state index in [1.807, 2.05) is 13.8 Å². The molecule has 0 saturated heterocycles. The number of nitrogens with one attached hydrogen (secondary N) is 1. The predicted octanol–water partition coefficient (Wildman–Crippen LogP) is 3.16. The van der Waals surface area contributed by atoms with Crippen LogP contribution >= 0.6 is 0 Å². The lowest BCUT2D eigenvalue weighted by molar-refractivity contribution is -0.122. The second-order valence-electron chi connectivity index (χ2n) is 5.09. The quantitative estimate of drug-likeness (QED) is 0.628. The van der Waals surface area contributed by atoms with Crippen LogP contribution in [0.5, 0.6) is 0 Å². The fourth-order valence-electron chi connectivity index (χ4n) is 1.69. The molecule has 0 aliphatic carbocycles. The van der Waals surface area contributed by atoms with Crippen LogP contribution in [0.15, 0.2) is 0 Å². The molecule has 90 valence electrons. The molecule has 1 atom stereocenters. The summed E-state index contributed by atoms with van der Waals surface area (Å²) < 4.78 is 0. The third-order valence-electron chi connectivity index (χ3n) is 2.57. The summed E-state index contributed by atoms with van der Waals surface area (Å²) in [5, 5.41) is 3.47. The summed E-state index contributed by atoms with van der Waals surface area (Å²) >= 11 is 0. The second kappa shape index (κ2) is 7.86. The third kappa shape index (κ3) is 8.61. The number of ketones is 1. The van der Waals surface area contributed by atoms with Gasteiger partial charge in [0.25, 0.3) is 0 Å². The van der Waals surface area contributed by atoms with E-state index >= 15 is 0 Å². The molecule has 0 aliphatic rings. The molecule has 15 heavy (non-hydrogen) atoms. The van der Waals surface area contributed by atoms with Crippen LogP contribution in [0.2, 0.25) is 0 Å². The molecule has 2 heteroatoms. The van der Waals surface area contributed by atoms with E-state index in [0.29, 0.717) is 17.9 Å². The Balaban J connectivity index is 3.42. The molecule has 0 bridgehead atoms. The maximum absolute atomic E-state index is 11.3. The minimum absolute atomic E-state index is 0.205. The van der Waals surface area contributed by atoms with Crippen molar-refractivity contribution in [3.05, 3.63) is 0 Å². The van der Waals surface area contributed by atoms with Gasteiger partial charge in [-0.05, 0) is 19.8 Å². The molecule has 1 N–H and O–H groups in total. The highest BCUT2D eigenvalue weighted by Gasteiger charge is 2.07. The summed E-state index contributed by atoms with van der Waals surface area (Å²) in [6, 6.07) is 1.12. The smallest absolute Gasteiger partial charge is 0.135 e. The molecule has 0 amide bonds. The van der Waals surface area contributed by atoms with Crippen LogP contribution in [0, 0.1) is 5.92 Å². The number of carbonyl (C=O) groups excluding carboxylic acids is 1. The fourth-order valence-corrected chi connectivity index (χ4v) is 1.69. The van der Waals surface area contributed by atoms with E-state index in [4.69, 9.17) is 0 Å². The lowest BCUT2D eigenvalue weighted by Crippen LogP contribution is -2.32. The van der Waals surface area contributed by atoms with Crippen LogP contribution in [0.3, 0.4) is 0 Å². The maximum Gasteiger partial charge on any atom is 0.135 e. The van der Waals surface area contributed by atoms with Gasteiger partial charge < -0.3 is 5.32 Å². The van der Waals surface area contributed by atoms with E-state index in [1.165, 1.54) is 6.42 Å². The molecule has 0 spiro atoms. The zero-order valence-corrected chi connectivity index (χ0v) is 11.0. The van der Waals surface area contributed by atoms with Crippen molar-refractivity contribution in [2.75, 3.05) is 0 Å². The predicted molar refractivity (Wildman–Crippen MR) is 66.0 cm³/mol. The van der Waals surface area contributed by atoms with Crippen LogP contribution in [-0.2, 0) is 4.79 Å². The Morgan fingerprint density at radius 3 is 2.13 bits per heavy atom. The maximum atomic E-state index is 11.3. The molecule has 0 saturated carbocycles. The largest absolute Gasteiger partial charge is 0.312 e. The number of carbonyl (C=O) groups is 1. The highest BCUT2D eigenvalue weighted by molar-refractivity contribution is 5.80. The molecule has 0 aliphatic heterocycles. The SMILES string of the molecule is CC(C)NC(C)CCCCC(=O)C(C)C. The summed E-state index contributed by atoms with van der Waals surface area (Å²) in [6.45, 7) is 10.5. The van der Waals surface area contributed by atoms with Crippen molar-refractivity contribution in [3.63, 3.8) is 0 Å². The van der Waals surface area contributed by atoms with Gasteiger partial charge >= 0.3 is 0 Å². The van der Waals surface area contributed by atoms with Crippen molar-refractivity contribution in [2.45, 2.75) is 72.4 Å². The monoisotopic (exact) mass is 213 g/mol. The van der Waals surface area contributed by atoms with Crippen LogP contribution in [0.25, 0.3) is 0 Å². The molecule has 1 unspecified atom stereocenters. The molecular formula is C13H27NO. The van der Waals surface area contributed by atoms with E-state index in [-0.39, 0.29) is 5.92 Å². The average molecular weight is 213 g/mol. The standard InChI is InChI=1S/C13H27NO/c1-10(2)13(15)9-7-6-8-12(5)14-11(3)4/h10-12,14H,6-9H2,1-5H3. The normalized spacial score (nSPS) is 13.5. The summed E-state index contributed by atoms with van der Waals surface area (Å²) in [5.74, 6) is 0.607. The first-order chi connectivity index (χ1) is 6.93. The summed E-state index contributed by atoms with van der Waals surface area (Å²) in [5.41, 5.74) is 0. The topological polar surface area (TPSA) is 29.1 Å². The Labute approximate surface area is 94.8 Å². The third-order valence-corrected chi connectivity index (χ3v) is 2.57. The highest BCUT2D eigenvalue weighted by atomic mass is 16.1. The van der Waals surface area contributed by atoms with Gasteiger partial charge in [0.2, 0.25) is 0 Å². The van der Waals surface area contributed by atoms with Crippen molar-refractivity contribution in [2.24, 2.45) is 5.92 Å². The number of rotatable bonds is 8. The average Bonchev–Trinajstić information content (AvgIpc) is 2.10. The first-order valence-electron chi connectivity index (χ1n) is 6.22. The molecule has 2 nitrogen and oxygen atoms in total. The van der Waals surface area contributed by atoms with E-state index < -0.39 is 0 Å². The molecule has 0 aromatic rings. The van der Waals surface area contributed by atoms with Crippen molar-refractivity contribution < 1.29 is 4.79 Å². The Morgan fingerprint density at radius 1 is 1.07 bits per heavy atom.